The predicted molar refractivity (Wildman–Crippen MR) is 67.7 cm³/mol. The average molecular weight is 233 g/mol. The quantitative estimate of drug-likeness (QED) is 0.645. The molecule has 0 saturated heterocycles. The number of carbonyl (C=O) groups excluding carboxylic acids is 1. The number of hydrogen-bond acceptors (Lipinski definition) is 3. The Bertz CT molecular complexity index is 384. The van der Waals surface area contributed by atoms with E-state index in [1.165, 1.54) is 32.1 Å². The molecule has 0 unspecified atom stereocenters. The van der Waals surface area contributed by atoms with E-state index >= 15 is 0 Å². The fourth-order valence-electron chi connectivity index (χ4n) is 2.31. The maximum absolute atomic E-state index is 11.8. The van der Waals surface area contributed by atoms with E-state index in [0.717, 1.165) is 0 Å². The Kier molecular flexibility index (Phi) is 4.02. The molecule has 0 spiro atoms. The first kappa shape index (κ1) is 12.0. The average Bonchev–Trinajstić information content (AvgIpc) is 2.38. The predicted octanol–water partition coefficient (Wildman–Crippen LogP) is 3.01. The van der Waals surface area contributed by atoms with Gasteiger partial charge in [0.05, 0.1) is 12.2 Å². The number of para-hydroxylation sites is 1. The van der Waals surface area contributed by atoms with Crippen molar-refractivity contribution in [3.05, 3.63) is 29.8 Å². The molecule has 92 valence electrons. The lowest BCUT2D eigenvalue weighted by molar-refractivity contribution is 0.0411. The van der Waals surface area contributed by atoms with Crippen LogP contribution in [0.4, 0.5) is 5.69 Å². The van der Waals surface area contributed by atoms with E-state index in [9.17, 15) is 4.79 Å². The summed E-state index contributed by atoms with van der Waals surface area (Å²) in [6, 6.07) is 7.04. The molecular formula is C14H19NO2. The first-order valence-electron chi connectivity index (χ1n) is 6.29. The molecule has 0 heterocycles. The molecule has 0 radical (unpaired) electrons. The minimum Gasteiger partial charge on any atom is -0.462 e. The van der Waals surface area contributed by atoms with Gasteiger partial charge in [0.2, 0.25) is 0 Å². The third-order valence-electron chi connectivity index (χ3n) is 3.36. The lowest BCUT2D eigenvalue weighted by Crippen LogP contribution is -2.17. The summed E-state index contributed by atoms with van der Waals surface area (Å²) >= 11 is 0. The molecule has 1 aliphatic rings. The second-order valence-corrected chi connectivity index (χ2v) is 4.69. The number of nitrogens with two attached hydrogens (primary N) is 1. The van der Waals surface area contributed by atoms with Gasteiger partial charge in [0.1, 0.15) is 0 Å². The van der Waals surface area contributed by atoms with Crippen LogP contribution < -0.4 is 5.73 Å². The molecule has 0 aliphatic heterocycles. The Labute approximate surface area is 102 Å². The van der Waals surface area contributed by atoms with E-state index in [0.29, 0.717) is 23.8 Å². The molecule has 3 heteroatoms. The maximum Gasteiger partial charge on any atom is 0.340 e. The van der Waals surface area contributed by atoms with Crippen LogP contribution in [0.3, 0.4) is 0 Å². The molecule has 1 saturated carbocycles. The number of anilines is 1. The van der Waals surface area contributed by atoms with Crippen molar-refractivity contribution in [3.8, 4) is 0 Å². The van der Waals surface area contributed by atoms with Crippen LogP contribution in [0.2, 0.25) is 0 Å². The third kappa shape index (κ3) is 3.22. The zero-order valence-corrected chi connectivity index (χ0v) is 10.0. The van der Waals surface area contributed by atoms with Crippen LogP contribution in [0.15, 0.2) is 24.3 Å². The first-order valence-corrected chi connectivity index (χ1v) is 6.29. The van der Waals surface area contributed by atoms with Gasteiger partial charge in [-0.15, -0.1) is 0 Å². The molecule has 2 N–H and O–H groups in total. The fourth-order valence-corrected chi connectivity index (χ4v) is 2.31. The highest BCUT2D eigenvalue weighted by Gasteiger charge is 2.17. The zero-order chi connectivity index (χ0) is 12.1. The lowest BCUT2D eigenvalue weighted by Gasteiger charge is -2.21. The molecule has 1 aromatic carbocycles. The van der Waals surface area contributed by atoms with Gasteiger partial charge in [-0.1, -0.05) is 31.4 Å². The van der Waals surface area contributed by atoms with Crippen LogP contribution >= 0.6 is 0 Å². The topological polar surface area (TPSA) is 52.3 Å². The van der Waals surface area contributed by atoms with Gasteiger partial charge in [-0.2, -0.15) is 0 Å². The van der Waals surface area contributed by atoms with Gasteiger partial charge in [-0.3, -0.25) is 0 Å². The number of ether oxygens (including phenoxy) is 1. The van der Waals surface area contributed by atoms with Crippen molar-refractivity contribution in [3.63, 3.8) is 0 Å². The first-order chi connectivity index (χ1) is 8.27. The molecular weight excluding hydrogens is 214 g/mol. The summed E-state index contributed by atoms with van der Waals surface area (Å²) in [5, 5.41) is 0. The Morgan fingerprint density at radius 1 is 1.24 bits per heavy atom. The maximum atomic E-state index is 11.8. The van der Waals surface area contributed by atoms with E-state index in [2.05, 4.69) is 0 Å². The fraction of sp³-hybridized carbons (Fsp3) is 0.500. The summed E-state index contributed by atoms with van der Waals surface area (Å²) < 4.78 is 5.33. The number of benzene rings is 1. The highest BCUT2D eigenvalue weighted by Crippen LogP contribution is 2.24. The van der Waals surface area contributed by atoms with E-state index in [-0.39, 0.29) is 5.97 Å². The number of esters is 1. The van der Waals surface area contributed by atoms with Crippen molar-refractivity contribution >= 4 is 11.7 Å². The van der Waals surface area contributed by atoms with E-state index in [4.69, 9.17) is 10.5 Å². The zero-order valence-electron chi connectivity index (χ0n) is 10.0. The molecule has 0 atom stereocenters. The van der Waals surface area contributed by atoms with Crippen LogP contribution in [-0.2, 0) is 4.74 Å². The summed E-state index contributed by atoms with van der Waals surface area (Å²) in [4.78, 5) is 11.8. The number of rotatable bonds is 3. The normalized spacial score (nSPS) is 16.7. The molecule has 3 nitrogen and oxygen atoms in total. The largest absolute Gasteiger partial charge is 0.462 e. The second-order valence-electron chi connectivity index (χ2n) is 4.69. The van der Waals surface area contributed by atoms with Crippen LogP contribution in [0.5, 0.6) is 0 Å². The molecule has 0 amide bonds. The lowest BCUT2D eigenvalue weighted by atomic mass is 9.90. The van der Waals surface area contributed by atoms with Crippen LogP contribution in [0.1, 0.15) is 42.5 Å². The summed E-state index contributed by atoms with van der Waals surface area (Å²) in [7, 11) is 0. The Hall–Kier alpha value is -1.51. The summed E-state index contributed by atoms with van der Waals surface area (Å²) in [6.07, 6.45) is 6.19. The SMILES string of the molecule is Nc1ccccc1C(=O)OCC1CCCCC1. The van der Waals surface area contributed by atoms with Crippen LogP contribution in [0.25, 0.3) is 0 Å². The number of hydrogen-bond donors (Lipinski definition) is 1. The van der Waals surface area contributed by atoms with E-state index < -0.39 is 0 Å². The Morgan fingerprint density at radius 3 is 2.65 bits per heavy atom. The van der Waals surface area contributed by atoms with E-state index in [1.54, 1.807) is 18.2 Å². The van der Waals surface area contributed by atoms with E-state index in [1.807, 2.05) is 6.07 Å². The van der Waals surface area contributed by atoms with Gasteiger partial charge in [-0.05, 0) is 30.9 Å². The molecule has 0 bridgehead atoms. The van der Waals surface area contributed by atoms with Crippen molar-refractivity contribution in [1.29, 1.82) is 0 Å². The molecule has 1 aromatic rings. The number of nitrogen functional groups attached to an aromatic ring is 1. The molecule has 1 fully saturated rings. The summed E-state index contributed by atoms with van der Waals surface area (Å²) in [6.45, 7) is 0.535. The summed E-state index contributed by atoms with van der Waals surface area (Å²) in [5.41, 5.74) is 6.69. The number of carbonyl (C=O) groups is 1. The van der Waals surface area contributed by atoms with Gasteiger partial charge in [0, 0.05) is 5.69 Å². The van der Waals surface area contributed by atoms with Crippen molar-refractivity contribution in [2.24, 2.45) is 5.92 Å². The van der Waals surface area contributed by atoms with Crippen molar-refractivity contribution < 1.29 is 9.53 Å². The highest BCUT2D eigenvalue weighted by atomic mass is 16.5. The van der Waals surface area contributed by atoms with Crippen molar-refractivity contribution in [1.82, 2.24) is 0 Å². The monoisotopic (exact) mass is 233 g/mol. The Balaban J connectivity index is 1.87. The molecule has 0 aromatic heterocycles. The standard InChI is InChI=1S/C14H19NO2/c15-13-9-5-4-8-12(13)14(16)17-10-11-6-2-1-3-7-11/h4-5,8-9,11H,1-3,6-7,10,15H2. The van der Waals surface area contributed by atoms with Gasteiger partial charge in [0.25, 0.3) is 0 Å². The van der Waals surface area contributed by atoms with Gasteiger partial charge in [-0.25, -0.2) is 4.79 Å². The third-order valence-corrected chi connectivity index (χ3v) is 3.36. The van der Waals surface area contributed by atoms with Gasteiger partial charge in [0.15, 0.2) is 0 Å². The van der Waals surface area contributed by atoms with Crippen LogP contribution in [0, 0.1) is 5.92 Å². The van der Waals surface area contributed by atoms with Crippen molar-refractivity contribution in [2.45, 2.75) is 32.1 Å². The van der Waals surface area contributed by atoms with Gasteiger partial charge < -0.3 is 10.5 Å². The van der Waals surface area contributed by atoms with Gasteiger partial charge >= 0.3 is 5.97 Å². The minimum atomic E-state index is -0.298. The second kappa shape index (κ2) is 5.71. The summed E-state index contributed by atoms with van der Waals surface area (Å²) in [5.74, 6) is 0.242. The Morgan fingerprint density at radius 2 is 1.94 bits per heavy atom. The highest BCUT2D eigenvalue weighted by molar-refractivity contribution is 5.94. The molecule has 1 aliphatic carbocycles. The minimum absolute atomic E-state index is 0.298. The smallest absolute Gasteiger partial charge is 0.340 e. The molecule has 17 heavy (non-hydrogen) atoms. The van der Waals surface area contributed by atoms with Crippen molar-refractivity contribution in [2.75, 3.05) is 12.3 Å². The van der Waals surface area contributed by atoms with Crippen LogP contribution in [-0.4, -0.2) is 12.6 Å². The molecule has 2 rings (SSSR count).